The standard InChI is InChI=1S/C23H26F3N5O/c24-23(25,26)18(12-27)14-29-19-9-6-16(7-10-19)21(15-4-2-1-3-5-15)31-20-11-8-17(13-30-20)22(28)32/h6-15,21H,1-5,27H2,(H2,28,32)(H,30,31). The Kier molecular flexibility index (Phi) is 7.50. The first-order chi connectivity index (χ1) is 15.3. The highest BCUT2D eigenvalue weighted by Gasteiger charge is 2.32. The zero-order valence-corrected chi connectivity index (χ0v) is 17.5. The molecule has 32 heavy (non-hydrogen) atoms. The van der Waals surface area contributed by atoms with Gasteiger partial charge in [-0.25, -0.2) is 4.98 Å². The molecular formula is C23H26F3N5O. The van der Waals surface area contributed by atoms with Crippen LogP contribution in [0, 0.1) is 5.92 Å². The Morgan fingerprint density at radius 3 is 2.34 bits per heavy atom. The summed E-state index contributed by atoms with van der Waals surface area (Å²) >= 11 is 0. The second kappa shape index (κ2) is 10.3. The number of nitrogens with zero attached hydrogens (tertiary/aromatic N) is 2. The van der Waals surface area contributed by atoms with Crippen molar-refractivity contribution < 1.29 is 18.0 Å². The fourth-order valence-electron chi connectivity index (χ4n) is 3.85. The SMILES string of the molecule is NC=C(C=Nc1ccc(C(Nc2ccc(C(N)=O)cn2)C2CCCCC2)cc1)C(F)(F)F. The smallest absolute Gasteiger partial charge is 0.404 e. The van der Waals surface area contributed by atoms with Crippen LogP contribution in [0.2, 0.25) is 0 Å². The normalized spacial score (nSPS) is 16.8. The lowest BCUT2D eigenvalue weighted by Crippen LogP contribution is -2.23. The Balaban J connectivity index is 1.81. The molecule has 1 fully saturated rings. The number of nitrogens with two attached hydrogens (primary N) is 2. The molecule has 0 spiro atoms. The molecule has 2 aromatic rings. The van der Waals surface area contributed by atoms with Gasteiger partial charge in [-0.2, -0.15) is 13.2 Å². The molecule has 0 aliphatic heterocycles. The second-order valence-electron chi connectivity index (χ2n) is 7.79. The monoisotopic (exact) mass is 445 g/mol. The fraction of sp³-hybridized carbons (Fsp3) is 0.348. The van der Waals surface area contributed by atoms with Gasteiger partial charge in [-0.15, -0.1) is 0 Å². The molecule has 1 aromatic carbocycles. The van der Waals surface area contributed by atoms with Crippen LogP contribution in [0.25, 0.3) is 0 Å². The number of amides is 1. The van der Waals surface area contributed by atoms with Crippen molar-refractivity contribution in [1.82, 2.24) is 4.98 Å². The Labute approximate surface area is 184 Å². The number of nitrogens with one attached hydrogen (secondary N) is 1. The van der Waals surface area contributed by atoms with Gasteiger partial charge in [0.05, 0.1) is 22.9 Å². The van der Waals surface area contributed by atoms with E-state index in [1.165, 1.54) is 12.6 Å². The molecule has 1 atom stereocenters. The van der Waals surface area contributed by atoms with Gasteiger partial charge in [0.25, 0.3) is 0 Å². The van der Waals surface area contributed by atoms with E-state index in [4.69, 9.17) is 11.5 Å². The van der Waals surface area contributed by atoms with Crippen molar-refractivity contribution in [2.24, 2.45) is 22.4 Å². The van der Waals surface area contributed by atoms with Gasteiger partial charge in [0, 0.05) is 18.6 Å². The van der Waals surface area contributed by atoms with Gasteiger partial charge in [-0.05, 0) is 48.6 Å². The maximum Gasteiger partial charge on any atom is 0.419 e. The first-order valence-electron chi connectivity index (χ1n) is 10.4. The summed E-state index contributed by atoms with van der Waals surface area (Å²) in [5, 5.41) is 3.45. The second-order valence-corrected chi connectivity index (χ2v) is 7.79. The summed E-state index contributed by atoms with van der Waals surface area (Å²) in [6.45, 7) is 0. The minimum absolute atomic E-state index is 0.0325. The number of pyridine rings is 1. The minimum Gasteiger partial charge on any atom is -0.404 e. The third-order valence-corrected chi connectivity index (χ3v) is 5.58. The van der Waals surface area contributed by atoms with Crippen molar-refractivity contribution in [2.45, 2.75) is 44.3 Å². The Hall–Kier alpha value is -3.36. The molecule has 1 aliphatic carbocycles. The molecule has 1 saturated carbocycles. The van der Waals surface area contributed by atoms with E-state index in [0.29, 0.717) is 29.2 Å². The van der Waals surface area contributed by atoms with Gasteiger partial charge in [0.15, 0.2) is 0 Å². The average Bonchev–Trinajstić information content (AvgIpc) is 2.78. The number of rotatable bonds is 7. The van der Waals surface area contributed by atoms with E-state index in [1.807, 2.05) is 12.1 Å². The summed E-state index contributed by atoms with van der Waals surface area (Å²) in [5.41, 5.74) is 11.0. The molecule has 1 heterocycles. The molecule has 1 unspecified atom stereocenters. The zero-order chi connectivity index (χ0) is 23.1. The van der Waals surface area contributed by atoms with E-state index >= 15 is 0 Å². The Morgan fingerprint density at radius 1 is 1.12 bits per heavy atom. The predicted octanol–water partition coefficient (Wildman–Crippen LogP) is 5.02. The van der Waals surface area contributed by atoms with Gasteiger partial charge in [0.1, 0.15) is 5.82 Å². The zero-order valence-electron chi connectivity index (χ0n) is 17.5. The van der Waals surface area contributed by atoms with Crippen molar-refractivity contribution in [3.8, 4) is 0 Å². The van der Waals surface area contributed by atoms with Crippen molar-refractivity contribution in [1.29, 1.82) is 0 Å². The Morgan fingerprint density at radius 2 is 1.81 bits per heavy atom. The van der Waals surface area contributed by atoms with E-state index < -0.39 is 17.7 Å². The van der Waals surface area contributed by atoms with Crippen LogP contribution < -0.4 is 16.8 Å². The number of aliphatic imine (C=N–C) groups is 1. The molecule has 6 nitrogen and oxygen atoms in total. The number of aromatic nitrogens is 1. The van der Waals surface area contributed by atoms with Crippen molar-refractivity contribution >= 4 is 23.6 Å². The van der Waals surface area contributed by atoms with Crippen LogP contribution in [0.4, 0.5) is 24.7 Å². The van der Waals surface area contributed by atoms with E-state index in [9.17, 15) is 18.0 Å². The number of carbonyl (C=O) groups is 1. The molecule has 1 aromatic heterocycles. The van der Waals surface area contributed by atoms with Crippen LogP contribution >= 0.6 is 0 Å². The van der Waals surface area contributed by atoms with Crippen LogP contribution in [0.1, 0.15) is 54.1 Å². The molecule has 3 rings (SSSR count). The first-order valence-corrected chi connectivity index (χ1v) is 10.4. The fourth-order valence-corrected chi connectivity index (χ4v) is 3.85. The number of anilines is 1. The molecule has 1 aliphatic rings. The summed E-state index contributed by atoms with van der Waals surface area (Å²) in [6, 6.07) is 10.4. The molecule has 0 saturated heterocycles. The minimum atomic E-state index is -4.55. The number of halogens is 3. The molecule has 9 heteroatoms. The van der Waals surface area contributed by atoms with Gasteiger partial charge in [-0.3, -0.25) is 9.79 Å². The van der Waals surface area contributed by atoms with Crippen molar-refractivity contribution in [3.63, 3.8) is 0 Å². The number of hydrogen-bond donors (Lipinski definition) is 3. The topological polar surface area (TPSA) is 106 Å². The Bertz CT molecular complexity index is 963. The molecular weight excluding hydrogens is 419 g/mol. The van der Waals surface area contributed by atoms with E-state index in [0.717, 1.165) is 37.5 Å². The van der Waals surface area contributed by atoms with E-state index in [-0.39, 0.29) is 6.04 Å². The average molecular weight is 445 g/mol. The highest BCUT2D eigenvalue weighted by Crippen LogP contribution is 2.37. The van der Waals surface area contributed by atoms with E-state index in [2.05, 4.69) is 15.3 Å². The largest absolute Gasteiger partial charge is 0.419 e. The van der Waals surface area contributed by atoms with Gasteiger partial charge < -0.3 is 16.8 Å². The van der Waals surface area contributed by atoms with E-state index in [1.54, 1.807) is 24.3 Å². The summed E-state index contributed by atoms with van der Waals surface area (Å²) in [7, 11) is 0. The van der Waals surface area contributed by atoms with Gasteiger partial charge >= 0.3 is 6.18 Å². The summed E-state index contributed by atoms with van der Waals surface area (Å²) < 4.78 is 38.4. The third kappa shape index (κ3) is 6.09. The number of allylic oxidation sites excluding steroid dienone is 1. The molecule has 5 N–H and O–H groups in total. The maximum absolute atomic E-state index is 12.8. The molecule has 170 valence electrons. The number of alkyl halides is 3. The highest BCUT2D eigenvalue weighted by atomic mass is 19.4. The van der Waals surface area contributed by atoms with Crippen LogP contribution in [0.5, 0.6) is 0 Å². The summed E-state index contributed by atoms with van der Waals surface area (Å²) in [4.78, 5) is 19.5. The summed E-state index contributed by atoms with van der Waals surface area (Å²) in [5.74, 6) is 0.463. The first kappa shape index (κ1) is 23.3. The number of carbonyl (C=O) groups excluding carboxylic acids is 1. The predicted molar refractivity (Wildman–Crippen MR) is 119 cm³/mol. The van der Waals surface area contributed by atoms with Crippen molar-refractivity contribution in [2.75, 3.05) is 5.32 Å². The van der Waals surface area contributed by atoms with Crippen LogP contribution in [0.15, 0.2) is 59.4 Å². The number of primary amides is 1. The third-order valence-electron chi connectivity index (χ3n) is 5.58. The lowest BCUT2D eigenvalue weighted by Gasteiger charge is -2.31. The number of benzene rings is 1. The van der Waals surface area contributed by atoms with Crippen LogP contribution in [0.3, 0.4) is 0 Å². The highest BCUT2D eigenvalue weighted by molar-refractivity contribution is 5.92. The van der Waals surface area contributed by atoms with Crippen LogP contribution in [-0.2, 0) is 0 Å². The number of hydrogen-bond acceptors (Lipinski definition) is 5. The summed E-state index contributed by atoms with van der Waals surface area (Å²) in [6.07, 6.45) is 3.72. The van der Waals surface area contributed by atoms with Crippen LogP contribution in [-0.4, -0.2) is 23.3 Å². The lowest BCUT2D eigenvalue weighted by molar-refractivity contribution is -0.0857. The lowest BCUT2D eigenvalue weighted by atomic mass is 9.81. The van der Waals surface area contributed by atoms with Crippen molar-refractivity contribution in [3.05, 3.63) is 65.5 Å². The van der Waals surface area contributed by atoms with Gasteiger partial charge in [-0.1, -0.05) is 31.4 Å². The quantitative estimate of drug-likeness (QED) is 0.520. The molecule has 0 radical (unpaired) electrons. The van der Waals surface area contributed by atoms with Gasteiger partial charge in [0.2, 0.25) is 5.91 Å². The molecule has 1 amide bonds. The maximum atomic E-state index is 12.8. The molecule has 0 bridgehead atoms.